The summed E-state index contributed by atoms with van der Waals surface area (Å²) in [6.45, 7) is 4.72. The number of hydrogen-bond donors (Lipinski definition) is 2. The molecule has 3 atom stereocenters. The Balaban J connectivity index is 1.52. The minimum atomic E-state index is -1.43. The molecule has 0 aromatic heterocycles. The number of benzene rings is 1. The van der Waals surface area contributed by atoms with Gasteiger partial charge in [0.2, 0.25) is 0 Å². The molecule has 3 aliphatic rings. The van der Waals surface area contributed by atoms with Crippen LogP contribution < -0.4 is 5.32 Å². The standard InChI is InChI=1S/C19H26N2O3/c1-2-18-8-5-11-21(17(18)24-13-10-18)12-9-19(23)14-6-3-4-7-15(14)20-16(19)22/h3-4,6-7,17,23H,2,5,8-13H2,1H3,(H,20,22). The van der Waals surface area contributed by atoms with E-state index in [4.69, 9.17) is 4.74 Å². The van der Waals surface area contributed by atoms with Gasteiger partial charge in [0.05, 0.1) is 0 Å². The highest BCUT2D eigenvalue weighted by atomic mass is 16.5. The van der Waals surface area contributed by atoms with E-state index >= 15 is 0 Å². The van der Waals surface area contributed by atoms with Crippen molar-refractivity contribution in [1.82, 2.24) is 4.90 Å². The van der Waals surface area contributed by atoms with Crippen LogP contribution in [0, 0.1) is 5.41 Å². The normalized spacial score (nSPS) is 35.6. The molecule has 2 saturated heterocycles. The van der Waals surface area contributed by atoms with E-state index < -0.39 is 5.60 Å². The first kappa shape index (κ1) is 16.1. The number of hydrogen-bond acceptors (Lipinski definition) is 4. The fraction of sp³-hybridized carbons (Fsp3) is 0.632. The van der Waals surface area contributed by atoms with Gasteiger partial charge in [-0.25, -0.2) is 0 Å². The molecule has 0 radical (unpaired) electrons. The zero-order valence-corrected chi connectivity index (χ0v) is 14.3. The quantitative estimate of drug-likeness (QED) is 0.890. The lowest BCUT2D eigenvalue weighted by atomic mass is 9.75. The predicted octanol–water partition coefficient (Wildman–Crippen LogP) is 2.46. The number of carbonyl (C=O) groups excluding carboxylic acids is 1. The first-order valence-corrected chi connectivity index (χ1v) is 9.08. The molecule has 3 heterocycles. The summed E-state index contributed by atoms with van der Waals surface area (Å²) in [5.74, 6) is -0.310. The number of aliphatic hydroxyl groups is 1. The number of piperidine rings is 1. The predicted molar refractivity (Wildman–Crippen MR) is 91.5 cm³/mol. The molecular weight excluding hydrogens is 304 g/mol. The van der Waals surface area contributed by atoms with Crippen LogP contribution in [-0.4, -0.2) is 41.8 Å². The van der Waals surface area contributed by atoms with Gasteiger partial charge in [-0.3, -0.25) is 9.69 Å². The van der Waals surface area contributed by atoms with E-state index in [9.17, 15) is 9.90 Å². The minimum Gasteiger partial charge on any atom is -0.375 e. The summed E-state index contributed by atoms with van der Waals surface area (Å²) < 4.78 is 6.05. The lowest BCUT2D eigenvalue weighted by Crippen LogP contribution is -2.51. The van der Waals surface area contributed by atoms with E-state index in [0.29, 0.717) is 18.5 Å². The van der Waals surface area contributed by atoms with E-state index in [2.05, 4.69) is 17.1 Å². The third-order valence-electron chi connectivity index (χ3n) is 6.31. The average molecular weight is 330 g/mol. The number of anilines is 1. The smallest absolute Gasteiger partial charge is 0.261 e. The summed E-state index contributed by atoms with van der Waals surface area (Å²) >= 11 is 0. The van der Waals surface area contributed by atoms with Crippen LogP contribution in [0.5, 0.6) is 0 Å². The summed E-state index contributed by atoms with van der Waals surface area (Å²) in [4.78, 5) is 14.7. The van der Waals surface area contributed by atoms with Gasteiger partial charge < -0.3 is 15.2 Å². The van der Waals surface area contributed by atoms with Crippen molar-refractivity contribution in [2.75, 3.05) is 25.0 Å². The van der Waals surface area contributed by atoms with E-state index in [-0.39, 0.29) is 17.6 Å². The molecule has 2 fully saturated rings. The molecule has 5 heteroatoms. The zero-order chi connectivity index (χ0) is 16.8. The van der Waals surface area contributed by atoms with Crippen LogP contribution >= 0.6 is 0 Å². The minimum absolute atomic E-state index is 0.138. The second-order valence-electron chi connectivity index (χ2n) is 7.44. The molecule has 130 valence electrons. The molecule has 5 nitrogen and oxygen atoms in total. The Labute approximate surface area is 143 Å². The van der Waals surface area contributed by atoms with Crippen molar-refractivity contribution in [2.45, 2.75) is 50.9 Å². The fourth-order valence-electron chi connectivity index (χ4n) is 4.78. The Bertz CT molecular complexity index is 649. The van der Waals surface area contributed by atoms with E-state index in [1.165, 1.54) is 6.42 Å². The molecule has 24 heavy (non-hydrogen) atoms. The van der Waals surface area contributed by atoms with Crippen molar-refractivity contribution in [1.29, 1.82) is 0 Å². The van der Waals surface area contributed by atoms with Gasteiger partial charge in [-0.1, -0.05) is 25.1 Å². The number of likely N-dealkylation sites (tertiary alicyclic amines) is 1. The Morgan fingerprint density at radius 1 is 1.38 bits per heavy atom. The largest absolute Gasteiger partial charge is 0.375 e. The first-order valence-electron chi connectivity index (χ1n) is 9.08. The molecule has 0 spiro atoms. The fourth-order valence-corrected chi connectivity index (χ4v) is 4.78. The second kappa shape index (κ2) is 5.83. The number of ether oxygens (including phenoxy) is 1. The number of nitrogens with one attached hydrogen (secondary N) is 1. The Hall–Kier alpha value is -1.43. The van der Waals surface area contributed by atoms with Crippen LogP contribution in [0.2, 0.25) is 0 Å². The number of carbonyl (C=O) groups is 1. The third kappa shape index (κ3) is 2.30. The topological polar surface area (TPSA) is 61.8 Å². The van der Waals surface area contributed by atoms with Crippen LogP contribution in [0.3, 0.4) is 0 Å². The van der Waals surface area contributed by atoms with E-state index in [0.717, 1.165) is 38.1 Å². The summed E-state index contributed by atoms with van der Waals surface area (Å²) in [6, 6.07) is 7.42. The van der Waals surface area contributed by atoms with Crippen molar-refractivity contribution in [2.24, 2.45) is 5.41 Å². The van der Waals surface area contributed by atoms with Gasteiger partial charge in [-0.2, -0.15) is 0 Å². The van der Waals surface area contributed by atoms with Crippen molar-refractivity contribution in [3.63, 3.8) is 0 Å². The summed E-state index contributed by atoms with van der Waals surface area (Å²) in [7, 11) is 0. The first-order chi connectivity index (χ1) is 11.6. The molecule has 1 aromatic rings. The van der Waals surface area contributed by atoms with Crippen molar-refractivity contribution < 1.29 is 14.6 Å². The zero-order valence-electron chi connectivity index (χ0n) is 14.3. The number of amides is 1. The lowest BCUT2D eigenvalue weighted by molar-refractivity contribution is -0.138. The van der Waals surface area contributed by atoms with Gasteiger partial charge in [0.15, 0.2) is 5.60 Å². The molecule has 1 aromatic carbocycles. The van der Waals surface area contributed by atoms with Gasteiger partial charge in [-0.15, -0.1) is 0 Å². The van der Waals surface area contributed by atoms with Crippen LogP contribution in [0.1, 0.15) is 44.6 Å². The third-order valence-corrected chi connectivity index (χ3v) is 6.31. The Morgan fingerprint density at radius 3 is 3.04 bits per heavy atom. The number of para-hydroxylation sites is 1. The number of fused-ring (bicyclic) bond motifs is 2. The summed E-state index contributed by atoms with van der Waals surface area (Å²) in [6.07, 6.45) is 5.17. The van der Waals surface area contributed by atoms with Crippen LogP contribution in [-0.2, 0) is 15.1 Å². The van der Waals surface area contributed by atoms with Crippen molar-refractivity contribution >= 4 is 11.6 Å². The summed E-state index contributed by atoms with van der Waals surface area (Å²) in [5.41, 5.74) is 0.253. The maximum atomic E-state index is 12.4. The highest BCUT2D eigenvalue weighted by molar-refractivity contribution is 6.04. The molecular formula is C19H26N2O3. The Morgan fingerprint density at radius 2 is 2.21 bits per heavy atom. The van der Waals surface area contributed by atoms with Gasteiger partial charge in [0.1, 0.15) is 6.23 Å². The average Bonchev–Trinajstić information content (AvgIpc) is 3.14. The molecule has 4 rings (SSSR count). The SMILES string of the molecule is CCC12CCCN(CCC3(O)C(=O)Nc4ccccc43)C1OCC2. The van der Waals surface area contributed by atoms with Gasteiger partial charge in [0.25, 0.3) is 5.91 Å². The summed E-state index contributed by atoms with van der Waals surface area (Å²) in [5, 5.41) is 13.8. The second-order valence-corrected chi connectivity index (χ2v) is 7.44. The molecule has 1 amide bonds. The van der Waals surface area contributed by atoms with Crippen molar-refractivity contribution in [3.05, 3.63) is 29.8 Å². The monoisotopic (exact) mass is 330 g/mol. The highest BCUT2D eigenvalue weighted by Gasteiger charge is 2.50. The lowest BCUT2D eigenvalue weighted by Gasteiger charge is -2.45. The van der Waals surface area contributed by atoms with E-state index in [1.54, 1.807) is 0 Å². The maximum Gasteiger partial charge on any atom is 0.261 e. The Kier molecular flexibility index (Phi) is 3.90. The molecule has 0 bridgehead atoms. The van der Waals surface area contributed by atoms with Crippen LogP contribution in [0.25, 0.3) is 0 Å². The maximum absolute atomic E-state index is 12.4. The van der Waals surface area contributed by atoms with Crippen LogP contribution in [0.15, 0.2) is 24.3 Å². The van der Waals surface area contributed by atoms with Crippen molar-refractivity contribution in [3.8, 4) is 0 Å². The molecule has 3 aliphatic heterocycles. The molecule has 0 saturated carbocycles. The number of rotatable bonds is 4. The highest BCUT2D eigenvalue weighted by Crippen LogP contribution is 2.47. The van der Waals surface area contributed by atoms with E-state index in [1.807, 2.05) is 24.3 Å². The van der Waals surface area contributed by atoms with Gasteiger partial charge in [-0.05, 0) is 31.7 Å². The van der Waals surface area contributed by atoms with Crippen LogP contribution in [0.4, 0.5) is 5.69 Å². The number of nitrogens with zero attached hydrogens (tertiary/aromatic N) is 1. The van der Waals surface area contributed by atoms with Gasteiger partial charge >= 0.3 is 0 Å². The molecule has 2 N–H and O–H groups in total. The molecule has 0 aliphatic carbocycles. The van der Waals surface area contributed by atoms with Gasteiger partial charge in [0, 0.05) is 42.8 Å². The molecule has 3 unspecified atom stereocenters.